The number of ether oxygens (including phenoxy) is 2. The molecule has 1 saturated carbocycles. The van der Waals surface area contributed by atoms with Crippen LogP contribution in [0.15, 0.2) is 66.2 Å². The van der Waals surface area contributed by atoms with Crippen LogP contribution in [-0.2, 0) is 9.53 Å². The molecule has 28 heavy (non-hydrogen) atoms. The second kappa shape index (κ2) is 7.90. The SMILES string of the molecule is CC(C)=C[C@@H]1C(C(=O)O[C@H](C#N)c2cccc(Oc3ccccc3)c2)C1(C)C. The van der Waals surface area contributed by atoms with Gasteiger partial charge in [0.25, 0.3) is 0 Å². The molecular weight excluding hydrogens is 350 g/mol. The quantitative estimate of drug-likeness (QED) is 0.471. The lowest BCUT2D eigenvalue weighted by molar-refractivity contribution is -0.149. The maximum absolute atomic E-state index is 12.7. The van der Waals surface area contributed by atoms with Crippen LogP contribution in [0.5, 0.6) is 11.5 Å². The lowest BCUT2D eigenvalue weighted by Crippen LogP contribution is -2.14. The third-order valence-electron chi connectivity index (χ3n) is 5.17. The van der Waals surface area contributed by atoms with E-state index in [1.165, 1.54) is 5.57 Å². The Hall–Kier alpha value is -3.06. The first-order chi connectivity index (χ1) is 13.3. The van der Waals surface area contributed by atoms with Crippen LogP contribution in [0.4, 0.5) is 0 Å². The van der Waals surface area contributed by atoms with Crippen molar-refractivity contribution in [1.29, 1.82) is 5.26 Å². The highest BCUT2D eigenvalue weighted by Gasteiger charge is 2.61. The Kier molecular flexibility index (Phi) is 5.56. The van der Waals surface area contributed by atoms with E-state index in [9.17, 15) is 10.1 Å². The number of para-hydroxylation sites is 1. The van der Waals surface area contributed by atoms with Gasteiger partial charge in [-0.1, -0.05) is 55.8 Å². The van der Waals surface area contributed by atoms with E-state index in [0.29, 0.717) is 17.1 Å². The number of hydrogen-bond donors (Lipinski definition) is 0. The molecule has 1 unspecified atom stereocenters. The van der Waals surface area contributed by atoms with Gasteiger partial charge in [0.15, 0.2) is 0 Å². The van der Waals surface area contributed by atoms with Crippen molar-refractivity contribution >= 4 is 5.97 Å². The van der Waals surface area contributed by atoms with Crippen LogP contribution in [-0.4, -0.2) is 5.97 Å². The molecule has 0 N–H and O–H groups in total. The van der Waals surface area contributed by atoms with Crippen molar-refractivity contribution in [1.82, 2.24) is 0 Å². The minimum absolute atomic E-state index is 0.146. The summed E-state index contributed by atoms with van der Waals surface area (Å²) in [5.74, 6) is 0.899. The van der Waals surface area contributed by atoms with Gasteiger partial charge in [-0.05, 0) is 49.4 Å². The number of allylic oxidation sites excluding steroid dienone is 2. The van der Waals surface area contributed by atoms with E-state index in [1.807, 2.05) is 50.2 Å². The molecule has 0 spiro atoms. The molecule has 2 aromatic carbocycles. The fraction of sp³-hybridized carbons (Fsp3) is 0.333. The van der Waals surface area contributed by atoms with Gasteiger partial charge in [-0.3, -0.25) is 4.79 Å². The van der Waals surface area contributed by atoms with E-state index in [0.717, 1.165) is 0 Å². The highest BCUT2D eigenvalue weighted by atomic mass is 16.5. The predicted molar refractivity (Wildman–Crippen MR) is 108 cm³/mol. The van der Waals surface area contributed by atoms with Crippen LogP contribution in [0.1, 0.15) is 39.4 Å². The lowest BCUT2D eigenvalue weighted by Gasteiger charge is -2.13. The number of rotatable bonds is 6. The number of benzene rings is 2. The zero-order valence-corrected chi connectivity index (χ0v) is 16.7. The van der Waals surface area contributed by atoms with Gasteiger partial charge < -0.3 is 9.47 Å². The van der Waals surface area contributed by atoms with Crippen LogP contribution < -0.4 is 4.74 Å². The average Bonchev–Trinajstić information content (AvgIpc) is 3.20. The Morgan fingerprint density at radius 1 is 1.11 bits per heavy atom. The van der Waals surface area contributed by atoms with Crippen molar-refractivity contribution in [3.63, 3.8) is 0 Å². The maximum atomic E-state index is 12.7. The molecule has 0 heterocycles. The highest BCUT2D eigenvalue weighted by molar-refractivity contribution is 5.78. The summed E-state index contributed by atoms with van der Waals surface area (Å²) in [5.41, 5.74) is 1.63. The molecule has 0 bridgehead atoms. The molecule has 0 aromatic heterocycles. The largest absolute Gasteiger partial charge is 0.457 e. The number of esters is 1. The standard InChI is InChI=1S/C24H25NO3/c1-16(2)13-20-22(24(20,3)4)23(26)28-21(15-25)17-9-8-12-19(14-17)27-18-10-6-5-7-11-18/h5-14,20-22H,1-4H3/t20-,21-,22?/m1/s1. The molecule has 0 amide bonds. The maximum Gasteiger partial charge on any atom is 0.311 e. The number of hydrogen-bond acceptors (Lipinski definition) is 4. The summed E-state index contributed by atoms with van der Waals surface area (Å²) in [6, 6.07) is 18.6. The Labute approximate surface area is 166 Å². The minimum Gasteiger partial charge on any atom is -0.457 e. The van der Waals surface area contributed by atoms with Gasteiger partial charge >= 0.3 is 5.97 Å². The predicted octanol–water partition coefficient (Wildman–Crippen LogP) is 5.83. The smallest absolute Gasteiger partial charge is 0.311 e. The molecule has 4 heteroatoms. The summed E-state index contributed by atoms with van der Waals surface area (Å²) < 4.78 is 11.4. The number of carbonyl (C=O) groups excluding carboxylic acids is 1. The van der Waals surface area contributed by atoms with Gasteiger partial charge in [0.05, 0.1) is 5.92 Å². The first-order valence-corrected chi connectivity index (χ1v) is 9.41. The molecule has 0 aliphatic heterocycles. The molecule has 4 nitrogen and oxygen atoms in total. The summed E-state index contributed by atoms with van der Waals surface area (Å²) in [6.07, 6.45) is 1.15. The van der Waals surface area contributed by atoms with Gasteiger partial charge in [0.2, 0.25) is 6.10 Å². The van der Waals surface area contributed by atoms with Gasteiger partial charge in [-0.25, -0.2) is 0 Å². The van der Waals surface area contributed by atoms with Gasteiger partial charge in [-0.15, -0.1) is 0 Å². The zero-order valence-electron chi connectivity index (χ0n) is 16.7. The third-order valence-corrected chi connectivity index (χ3v) is 5.17. The Morgan fingerprint density at radius 2 is 1.79 bits per heavy atom. The summed E-state index contributed by atoms with van der Waals surface area (Å²) in [5, 5.41) is 9.57. The topological polar surface area (TPSA) is 59.3 Å². The Morgan fingerprint density at radius 3 is 2.43 bits per heavy atom. The zero-order chi connectivity index (χ0) is 20.3. The van der Waals surface area contributed by atoms with Crippen LogP contribution in [0.2, 0.25) is 0 Å². The lowest BCUT2D eigenvalue weighted by atomic mass is 10.1. The average molecular weight is 375 g/mol. The van der Waals surface area contributed by atoms with Gasteiger partial charge in [-0.2, -0.15) is 5.26 Å². The molecule has 2 aromatic rings. The normalized spacial score (nSPS) is 20.4. The van der Waals surface area contributed by atoms with Gasteiger partial charge in [0, 0.05) is 5.56 Å². The van der Waals surface area contributed by atoms with Crippen molar-refractivity contribution in [2.45, 2.75) is 33.8 Å². The first kappa shape index (κ1) is 19.7. The van der Waals surface area contributed by atoms with Crippen molar-refractivity contribution in [2.75, 3.05) is 0 Å². The van der Waals surface area contributed by atoms with Crippen LogP contribution in [0.3, 0.4) is 0 Å². The molecule has 0 saturated heterocycles. The molecule has 3 rings (SSSR count). The molecule has 144 valence electrons. The Bertz CT molecular complexity index is 920. The van der Waals surface area contributed by atoms with Crippen molar-refractivity contribution in [3.05, 3.63) is 71.8 Å². The van der Waals surface area contributed by atoms with E-state index in [-0.39, 0.29) is 23.2 Å². The van der Waals surface area contributed by atoms with Crippen LogP contribution >= 0.6 is 0 Å². The minimum atomic E-state index is -0.962. The highest BCUT2D eigenvalue weighted by Crippen LogP contribution is 2.60. The second-order valence-electron chi connectivity index (χ2n) is 8.00. The van der Waals surface area contributed by atoms with Crippen molar-refractivity contribution < 1.29 is 14.3 Å². The van der Waals surface area contributed by atoms with Crippen LogP contribution in [0.25, 0.3) is 0 Å². The van der Waals surface area contributed by atoms with Crippen LogP contribution in [0, 0.1) is 28.6 Å². The summed E-state index contributed by atoms with van der Waals surface area (Å²) in [6.45, 7) is 8.15. The summed E-state index contributed by atoms with van der Waals surface area (Å²) in [4.78, 5) is 12.7. The van der Waals surface area contributed by atoms with E-state index < -0.39 is 6.10 Å². The number of carbonyl (C=O) groups is 1. The van der Waals surface area contributed by atoms with E-state index in [4.69, 9.17) is 9.47 Å². The van der Waals surface area contributed by atoms with Crippen molar-refractivity contribution in [3.8, 4) is 17.6 Å². The van der Waals surface area contributed by atoms with E-state index in [2.05, 4.69) is 26.0 Å². The summed E-state index contributed by atoms with van der Waals surface area (Å²) in [7, 11) is 0. The molecule has 1 aliphatic carbocycles. The molecular formula is C24H25NO3. The van der Waals surface area contributed by atoms with Crippen molar-refractivity contribution in [2.24, 2.45) is 17.3 Å². The summed E-state index contributed by atoms with van der Waals surface area (Å²) >= 11 is 0. The molecule has 1 fully saturated rings. The molecule has 0 radical (unpaired) electrons. The first-order valence-electron chi connectivity index (χ1n) is 9.41. The molecule has 1 aliphatic rings. The van der Waals surface area contributed by atoms with Gasteiger partial charge in [0.1, 0.15) is 17.6 Å². The number of nitriles is 1. The fourth-order valence-electron chi connectivity index (χ4n) is 3.52. The third kappa shape index (κ3) is 4.26. The second-order valence-corrected chi connectivity index (χ2v) is 8.00. The fourth-order valence-corrected chi connectivity index (χ4v) is 3.52. The monoisotopic (exact) mass is 375 g/mol. The van der Waals surface area contributed by atoms with E-state index >= 15 is 0 Å². The number of nitrogens with zero attached hydrogens (tertiary/aromatic N) is 1. The molecule has 3 atom stereocenters. The van der Waals surface area contributed by atoms with E-state index in [1.54, 1.807) is 18.2 Å². The Balaban J connectivity index is 1.72.